The summed E-state index contributed by atoms with van der Waals surface area (Å²) in [5.41, 5.74) is -0.451. The molecular weight excluding hydrogens is 244 g/mol. The van der Waals surface area contributed by atoms with E-state index in [1.54, 1.807) is 12.1 Å². The van der Waals surface area contributed by atoms with Crippen LogP contribution in [0.25, 0.3) is 22.4 Å². The lowest BCUT2D eigenvalue weighted by atomic mass is 9.95. The number of ketones is 2. The highest BCUT2D eigenvalue weighted by Gasteiger charge is 2.27. The number of carboxylic acid groups (broad SMARTS) is 1. The van der Waals surface area contributed by atoms with E-state index in [0.717, 1.165) is 10.8 Å². The van der Waals surface area contributed by atoms with Crippen LogP contribution in [0, 0.1) is 0 Å². The van der Waals surface area contributed by atoms with Crippen LogP contribution >= 0.6 is 0 Å². The third-order valence-electron chi connectivity index (χ3n) is 3.14. The van der Waals surface area contributed by atoms with Crippen LogP contribution in [0.5, 0.6) is 0 Å². The van der Waals surface area contributed by atoms with E-state index in [-0.39, 0.29) is 0 Å². The van der Waals surface area contributed by atoms with Crippen molar-refractivity contribution in [3.05, 3.63) is 46.8 Å². The summed E-state index contributed by atoms with van der Waals surface area (Å²) in [4.78, 5) is 34.4. The van der Waals surface area contributed by atoms with Gasteiger partial charge in [-0.1, -0.05) is 24.3 Å². The van der Waals surface area contributed by atoms with Gasteiger partial charge in [-0.2, -0.15) is 0 Å². The predicted octanol–water partition coefficient (Wildman–Crippen LogP) is 0.00740. The molecule has 2 aromatic rings. The maximum absolute atomic E-state index is 11.7. The summed E-state index contributed by atoms with van der Waals surface area (Å²) in [5, 5.41) is 11.6. The fourth-order valence-corrected chi connectivity index (χ4v) is 2.26. The van der Waals surface area contributed by atoms with Gasteiger partial charge in [0.2, 0.25) is 11.6 Å². The average Bonchev–Trinajstić information content (AvgIpc) is 2.37. The summed E-state index contributed by atoms with van der Waals surface area (Å²) in [6.07, 6.45) is 1.19. The second kappa shape index (κ2) is 3.88. The summed E-state index contributed by atoms with van der Waals surface area (Å²) in [7, 11) is 0. The lowest BCUT2D eigenvalue weighted by molar-refractivity contribution is -0.135. The summed E-state index contributed by atoms with van der Waals surface area (Å²) in [6.45, 7) is 0. The summed E-state index contributed by atoms with van der Waals surface area (Å²) < 4.78 is 0. The quantitative estimate of drug-likeness (QED) is 0.726. The minimum Gasteiger partial charge on any atom is -0.478 e. The van der Waals surface area contributed by atoms with E-state index in [4.69, 9.17) is 5.11 Å². The van der Waals surface area contributed by atoms with Crippen molar-refractivity contribution in [2.24, 2.45) is 0 Å². The molecule has 1 N–H and O–H groups in total. The molecule has 4 heteroatoms. The fraction of sp³-hybridized carbons (Fsp3) is 0. The van der Waals surface area contributed by atoms with Crippen LogP contribution in [0.2, 0.25) is 0 Å². The van der Waals surface area contributed by atoms with Gasteiger partial charge in [-0.3, -0.25) is 9.59 Å². The first-order chi connectivity index (χ1) is 9.08. The number of rotatable bonds is 1. The summed E-state index contributed by atoms with van der Waals surface area (Å²) >= 11 is 0. The van der Waals surface area contributed by atoms with Gasteiger partial charge in [0.15, 0.2) is 0 Å². The van der Waals surface area contributed by atoms with Crippen molar-refractivity contribution in [3.8, 4) is 0 Å². The molecule has 1 aliphatic carbocycles. The Bertz CT molecular complexity index is 875. The number of carbonyl (C=O) groups excluding carboxylic acids is 2. The molecule has 0 heterocycles. The second-order valence-corrected chi connectivity index (χ2v) is 4.30. The van der Waals surface area contributed by atoms with E-state index in [1.807, 2.05) is 24.3 Å². The van der Waals surface area contributed by atoms with Crippen LogP contribution in [-0.2, 0) is 14.4 Å². The van der Waals surface area contributed by atoms with E-state index in [9.17, 15) is 14.4 Å². The van der Waals surface area contributed by atoms with Crippen molar-refractivity contribution in [3.63, 3.8) is 0 Å². The molecule has 19 heavy (non-hydrogen) atoms. The van der Waals surface area contributed by atoms with E-state index in [2.05, 4.69) is 0 Å². The van der Waals surface area contributed by atoms with Crippen molar-refractivity contribution in [1.29, 1.82) is 0 Å². The van der Waals surface area contributed by atoms with E-state index in [0.29, 0.717) is 10.4 Å². The van der Waals surface area contributed by atoms with Gasteiger partial charge in [0.25, 0.3) is 0 Å². The van der Waals surface area contributed by atoms with Gasteiger partial charge in [-0.15, -0.1) is 0 Å². The molecular formula is C15H8O4. The molecule has 0 unspecified atom stereocenters. The van der Waals surface area contributed by atoms with Gasteiger partial charge >= 0.3 is 5.97 Å². The highest BCUT2D eigenvalue weighted by molar-refractivity contribution is 6.67. The molecule has 2 aromatic carbocycles. The molecule has 0 amide bonds. The summed E-state index contributed by atoms with van der Waals surface area (Å²) in [5.74, 6) is -3.13. The van der Waals surface area contributed by atoms with Gasteiger partial charge in [0, 0.05) is 5.22 Å². The number of carboxylic acids is 1. The van der Waals surface area contributed by atoms with Crippen molar-refractivity contribution in [1.82, 2.24) is 0 Å². The van der Waals surface area contributed by atoms with Crippen molar-refractivity contribution in [2.45, 2.75) is 0 Å². The average molecular weight is 252 g/mol. The minimum atomic E-state index is -1.37. The topological polar surface area (TPSA) is 71.4 Å². The Hall–Kier alpha value is -2.75. The van der Waals surface area contributed by atoms with Crippen LogP contribution in [0.15, 0.2) is 36.4 Å². The van der Waals surface area contributed by atoms with Gasteiger partial charge in [0.1, 0.15) is 5.57 Å². The normalized spacial score (nSPS) is 14.2. The lowest BCUT2D eigenvalue weighted by Gasteiger charge is -2.06. The zero-order valence-electron chi connectivity index (χ0n) is 9.71. The standard InChI is InChI=1S/C15H8O4/c16-12-7-10-5-8-3-1-2-4-9(8)6-11(10)13(14(12)17)15(18)19/h1-7H,(H,18,19). The van der Waals surface area contributed by atoms with Crippen LogP contribution in [0.3, 0.4) is 0 Å². The Morgan fingerprint density at radius 2 is 1.63 bits per heavy atom. The van der Waals surface area contributed by atoms with Gasteiger partial charge in [-0.05, 0) is 34.2 Å². The van der Waals surface area contributed by atoms with Crippen LogP contribution in [0.4, 0.5) is 0 Å². The first kappa shape index (κ1) is 11.3. The molecule has 0 spiro atoms. The molecule has 0 radical (unpaired) electrons. The van der Waals surface area contributed by atoms with Crippen LogP contribution < -0.4 is 10.4 Å². The van der Waals surface area contributed by atoms with E-state index < -0.39 is 23.1 Å². The maximum Gasteiger partial charge on any atom is 0.340 e. The Morgan fingerprint density at radius 1 is 1.00 bits per heavy atom. The highest BCUT2D eigenvalue weighted by atomic mass is 16.4. The highest BCUT2D eigenvalue weighted by Crippen LogP contribution is 2.10. The number of fused-ring (bicyclic) bond motifs is 2. The molecule has 0 aromatic heterocycles. The zero-order valence-corrected chi connectivity index (χ0v) is 9.71. The number of carbonyl (C=O) groups is 3. The first-order valence-corrected chi connectivity index (χ1v) is 5.65. The third kappa shape index (κ3) is 1.65. The lowest BCUT2D eigenvalue weighted by Crippen LogP contribution is -2.39. The van der Waals surface area contributed by atoms with Crippen LogP contribution in [-0.4, -0.2) is 22.6 Å². The first-order valence-electron chi connectivity index (χ1n) is 5.65. The van der Waals surface area contributed by atoms with Crippen molar-refractivity contribution < 1.29 is 19.5 Å². The molecule has 0 atom stereocenters. The molecule has 0 saturated carbocycles. The Labute approximate surface area is 107 Å². The number of Topliss-reactive ketones (excluding diaryl/α,β-unsaturated/α-hetero) is 2. The second-order valence-electron chi connectivity index (χ2n) is 4.30. The molecule has 1 aliphatic rings. The molecule has 0 aliphatic heterocycles. The minimum absolute atomic E-state index is 0.302. The van der Waals surface area contributed by atoms with Crippen molar-refractivity contribution in [2.75, 3.05) is 0 Å². The van der Waals surface area contributed by atoms with E-state index in [1.165, 1.54) is 6.08 Å². The molecule has 0 fully saturated rings. The molecule has 0 bridgehead atoms. The third-order valence-corrected chi connectivity index (χ3v) is 3.14. The largest absolute Gasteiger partial charge is 0.478 e. The Kier molecular flexibility index (Phi) is 2.32. The monoisotopic (exact) mass is 252 g/mol. The smallest absolute Gasteiger partial charge is 0.340 e. The predicted molar refractivity (Wildman–Crippen MR) is 68.7 cm³/mol. The molecule has 3 rings (SSSR count). The Morgan fingerprint density at radius 3 is 2.26 bits per heavy atom. The molecule has 4 nitrogen and oxygen atoms in total. The zero-order chi connectivity index (χ0) is 13.6. The van der Waals surface area contributed by atoms with Crippen molar-refractivity contribution >= 4 is 40.0 Å². The van der Waals surface area contributed by atoms with Crippen LogP contribution in [0.1, 0.15) is 0 Å². The number of hydrogen-bond donors (Lipinski definition) is 1. The number of benzene rings is 2. The van der Waals surface area contributed by atoms with Gasteiger partial charge in [-0.25, -0.2) is 4.79 Å². The molecule has 0 saturated heterocycles. The van der Waals surface area contributed by atoms with Gasteiger partial charge < -0.3 is 5.11 Å². The SMILES string of the molecule is O=C(O)C1=c2cc3ccccc3cc2=CC(=O)C1=O. The maximum atomic E-state index is 11.7. The number of aliphatic carboxylic acids is 1. The van der Waals surface area contributed by atoms with E-state index >= 15 is 0 Å². The number of hydrogen-bond acceptors (Lipinski definition) is 3. The summed E-state index contributed by atoms with van der Waals surface area (Å²) in [6, 6.07) is 10.7. The fourth-order valence-electron chi connectivity index (χ4n) is 2.26. The molecule has 92 valence electrons. The van der Waals surface area contributed by atoms with Gasteiger partial charge in [0.05, 0.1) is 0 Å². The Balaban J connectivity index is 2.57.